The molecule has 2 N–H and O–H groups in total. The van der Waals surface area contributed by atoms with Gasteiger partial charge in [-0.25, -0.2) is 4.39 Å². The zero-order chi connectivity index (χ0) is 10.7. The fourth-order valence-electron chi connectivity index (χ4n) is 1.31. The first-order valence-electron chi connectivity index (χ1n) is 4.32. The van der Waals surface area contributed by atoms with Gasteiger partial charge in [0.2, 0.25) is 0 Å². The lowest BCUT2D eigenvalue weighted by molar-refractivity contribution is 0.380. The number of benzene rings is 1. The maximum atomic E-state index is 13.3. The van der Waals surface area contributed by atoms with Crippen molar-refractivity contribution in [3.63, 3.8) is 0 Å². The van der Waals surface area contributed by atoms with Crippen LogP contribution in [0, 0.1) is 5.82 Å². The number of methoxy groups -OCH3 is 1. The van der Waals surface area contributed by atoms with Gasteiger partial charge < -0.3 is 10.5 Å². The fourth-order valence-corrected chi connectivity index (χ4v) is 1.53. The van der Waals surface area contributed by atoms with E-state index in [1.165, 1.54) is 19.2 Å². The van der Waals surface area contributed by atoms with E-state index >= 15 is 0 Å². The van der Waals surface area contributed by atoms with Crippen molar-refractivity contribution in [3.8, 4) is 5.75 Å². The summed E-state index contributed by atoms with van der Waals surface area (Å²) < 4.78 is 18.2. The molecule has 1 unspecified atom stereocenters. The Bertz CT molecular complexity index is 328. The Morgan fingerprint density at radius 2 is 2.21 bits per heavy atom. The zero-order valence-corrected chi connectivity index (χ0v) is 8.94. The lowest BCUT2D eigenvalue weighted by Gasteiger charge is -2.12. The molecule has 0 heterocycles. The molecule has 0 radical (unpaired) electrons. The molecule has 4 heteroatoms. The molecule has 1 rings (SSSR count). The van der Waals surface area contributed by atoms with Crippen molar-refractivity contribution in [1.82, 2.24) is 0 Å². The second-order valence-corrected chi connectivity index (χ2v) is 3.63. The van der Waals surface area contributed by atoms with Crippen LogP contribution in [-0.2, 0) is 6.42 Å². The van der Waals surface area contributed by atoms with Gasteiger partial charge in [0.15, 0.2) is 11.6 Å². The van der Waals surface area contributed by atoms with Crippen LogP contribution in [0.4, 0.5) is 4.39 Å². The quantitative estimate of drug-likeness (QED) is 0.844. The molecule has 1 atom stereocenters. The van der Waals surface area contributed by atoms with Gasteiger partial charge in [-0.05, 0) is 25.5 Å². The van der Waals surface area contributed by atoms with Crippen molar-refractivity contribution >= 4 is 11.6 Å². The van der Waals surface area contributed by atoms with Crippen molar-refractivity contribution in [3.05, 3.63) is 28.5 Å². The normalized spacial score (nSPS) is 12.6. The third-order valence-corrected chi connectivity index (χ3v) is 2.24. The van der Waals surface area contributed by atoms with Gasteiger partial charge in [0.05, 0.1) is 7.11 Å². The van der Waals surface area contributed by atoms with Crippen LogP contribution in [0.3, 0.4) is 0 Å². The van der Waals surface area contributed by atoms with E-state index in [-0.39, 0.29) is 11.8 Å². The standard InChI is InChI=1S/C10H13ClFNO/c1-6(13)5-7-8(11)3-4-9(12)10(7)14-2/h3-4,6H,5,13H2,1-2H3. The third kappa shape index (κ3) is 2.36. The average molecular weight is 218 g/mol. The number of hydrogen-bond donors (Lipinski definition) is 1. The second kappa shape index (κ2) is 4.62. The molecule has 2 nitrogen and oxygen atoms in total. The number of rotatable bonds is 3. The molecule has 1 aromatic rings. The minimum absolute atomic E-state index is 0.0804. The maximum Gasteiger partial charge on any atom is 0.165 e. The van der Waals surface area contributed by atoms with Crippen LogP contribution in [0.1, 0.15) is 12.5 Å². The lowest BCUT2D eigenvalue weighted by Crippen LogP contribution is -2.18. The van der Waals surface area contributed by atoms with Crippen LogP contribution in [0.25, 0.3) is 0 Å². The maximum absolute atomic E-state index is 13.3. The number of ether oxygens (including phenoxy) is 1. The van der Waals surface area contributed by atoms with E-state index in [0.29, 0.717) is 17.0 Å². The Kier molecular flexibility index (Phi) is 3.72. The highest BCUT2D eigenvalue weighted by Gasteiger charge is 2.14. The molecule has 0 bridgehead atoms. The van der Waals surface area contributed by atoms with Gasteiger partial charge in [-0.15, -0.1) is 0 Å². The monoisotopic (exact) mass is 217 g/mol. The summed E-state index contributed by atoms with van der Waals surface area (Å²) in [4.78, 5) is 0. The molecule has 0 fully saturated rings. The van der Waals surface area contributed by atoms with Gasteiger partial charge in [-0.3, -0.25) is 0 Å². The van der Waals surface area contributed by atoms with E-state index in [9.17, 15) is 4.39 Å². The molecular formula is C10H13ClFNO. The number of hydrogen-bond acceptors (Lipinski definition) is 2. The zero-order valence-electron chi connectivity index (χ0n) is 8.18. The highest BCUT2D eigenvalue weighted by Crippen LogP contribution is 2.30. The van der Waals surface area contributed by atoms with E-state index in [0.717, 1.165) is 0 Å². The first-order valence-corrected chi connectivity index (χ1v) is 4.70. The van der Waals surface area contributed by atoms with Gasteiger partial charge in [-0.2, -0.15) is 0 Å². The van der Waals surface area contributed by atoms with Crippen molar-refractivity contribution < 1.29 is 9.13 Å². The smallest absolute Gasteiger partial charge is 0.165 e. The summed E-state index contributed by atoms with van der Waals surface area (Å²) in [5, 5.41) is 0.487. The van der Waals surface area contributed by atoms with Crippen LogP contribution in [0.15, 0.2) is 12.1 Å². The second-order valence-electron chi connectivity index (χ2n) is 3.22. The van der Waals surface area contributed by atoms with Gasteiger partial charge in [-0.1, -0.05) is 11.6 Å². The summed E-state index contributed by atoms with van der Waals surface area (Å²) >= 11 is 5.92. The highest BCUT2D eigenvalue weighted by molar-refractivity contribution is 6.31. The van der Waals surface area contributed by atoms with E-state index < -0.39 is 5.82 Å². The summed E-state index contributed by atoms with van der Waals surface area (Å²) in [6, 6.07) is 2.71. The molecule has 0 aliphatic rings. The minimum Gasteiger partial charge on any atom is -0.493 e. The first-order chi connectivity index (χ1) is 6.56. The van der Waals surface area contributed by atoms with Crippen LogP contribution >= 0.6 is 11.6 Å². The average Bonchev–Trinajstić information content (AvgIpc) is 2.11. The molecule has 0 saturated carbocycles. The Morgan fingerprint density at radius 1 is 1.57 bits per heavy atom. The van der Waals surface area contributed by atoms with E-state index in [4.69, 9.17) is 22.1 Å². The first kappa shape index (κ1) is 11.3. The van der Waals surface area contributed by atoms with Crippen molar-refractivity contribution in [2.75, 3.05) is 7.11 Å². The molecule has 0 saturated heterocycles. The number of nitrogens with two attached hydrogens (primary N) is 1. The minimum atomic E-state index is -0.410. The molecule has 0 spiro atoms. The Morgan fingerprint density at radius 3 is 2.71 bits per heavy atom. The van der Waals surface area contributed by atoms with Gasteiger partial charge in [0.25, 0.3) is 0 Å². The van der Waals surface area contributed by atoms with Crippen LogP contribution in [0.2, 0.25) is 5.02 Å². The van der Waals surface area contributed by atoms with Crippen LogP contribution in [0.5, 0.6) is 5.75 Å². The molecule has 1 aromatic carbocycles. The topological polar surface area (TPSA) is 35.2 Å². The largest absolute Gasteiger partial charge is 0.493 e. The third-order valence-electron chi connectivity index (χ3n) is 1.89. The fraction of sp³-hybridized carbons (Fsp3) is 0.400. The molecule has 78 valence electrons. The lowest BCUT2D eigenvalue weighted by atomic mass is 10.1. The Labute approximate surface area is 87.8 Å². The molecule has 14 heavy (non-hydrogen) atoms. The SMILES string of the molecule is COc1c(F)ccc(Cl)c1CC(C)N. The summed E-state index contributed by atoms with van der Waals surface area (Å²) in [5.74, 6) is -0.220. The van der Waals surface area contributed by atoms with Crippen molar-refractivity contribution in [2.45, 2.75) is 19.4 Å². The summed E-state index contributed by atoms with van der Waals surface area (Å²) in [7, 11) is 1.42. The molecule has 0 aliphatic carbocycles. The molecule has 0 amide bonds. The summed E-state index contributed by atoms with van der Waals surface area (Å²) in [5.41, 5.74) is 6.26. The van der Waals surface area contributed by atoms with Crippen molar-refractivity contribution in [1.29, 1.82) is 0 Å². The number of halogens is 2. The summed E-state index contributed by atoms with van der Waals surface area (Å²) in [6.07, 6.45) is 0.500. The Hall–Kier alpha value is -0.800. The van der Waals surface area contributed by atoms with Crippen LogP contribution < -0.4 is 10.5 Å². The molecule has 0 aromatic heterocycles. The van der Waals surface area contributed by atoms with E-state index in [2.05, 4.69) is 0 Å². The van der Waals surface area contributed by atoms with E-state index in [1.807, 2.05) is 6.92 Å². The molecule has 0 aliphatic heterocycles. The molecular weight excluding hydrogens is 205 g/mol. The van der Waals surface area contributed by atoms with Gasteiger partial charge >= 0.3 is 0 Å². The van der Waals surface area contributed by atoms with E-state index in [1.54, 1.807) is 0 Å². The predicted molar refractivity (Wildman–Crippen MR) is 55.3 cm³/mol. The Balaban J connectivity index is 3.16. The van der Waals surface area contributed by atoms with Gasteiger partial charge in [0, 0.05) is 16.6 Å². The predicted octanol–water partition coefficient (Wildman–Crippen LogP) is 2.38. The highest BCUT2D eigenvalue weighted by atomic mass is 35.5. The summed E-state index contributed by atoms with van der Waals surface area (Å²) in [6.45, 7) is 1.83. The van der Waals surface area contributed by atoms with Crippen LogP contribution in [-0.4, -0.2) is 13.2 Å². The van der Waals surface area contributed by atoms with Crippen molar-refractivity contribution in [2.24, 2.45) is 5.73 Å². The van der Waals surface area contributed by atoms with Gasteiger partial charge in [0.1, 0.15) is 0 Å².